The van der Waals surface area contributed by atoms with E-state index >= 15 is 0 Å². The van der Waals surface area contributed by atoms with Crippen LogP contribution in [0.5, 0.6) is 0 Å². The molecule has 2 nitrogen and oxygen atoms in total. The fourth-order valence-corrected chi connectivity index (χ4v) is 2.50. The van der Waals surface area contributed by atoms with Gasteiger partial charge < -0.3 is 10.1 Å². The van der Waals surface area contributed by atoms with Gasteiger partial charge in [-0.25, -0.2) is 0 Å². The molecule has 0 aromatic heterocycles. The molecule has 1 saturated heterocycles. The number of benzene rings is 1. The molecule has 18 heavy (non-hydrogen) atoms. The first-order valence-corrected chi connectivity index (χ1v) is 7.27. The van der Waals surface area contributed by atoms with Crippen LogP contribution in [0.15, 0.2) is 30.3 Å². The molecule has 0 spiro atoms. The second-order valence-electron chi connectivity index (χ2n) is 5.23. The molecule has 1 aliphatic rings. The highest BCUT2D eigenvalue weighted by molar-refractivity contribution is 5.14. The molecule has 1 atom stereocenters. The summed E-state index contributed by atoms with van der Waals surface area (Å²) in [6.07, 6.45) is 6.31. The highest BCUT2D eigenvalue weighted by Gasteiger charge is 2.12. The number of hydrogen-bond donors (Lipinski definition) is 1. The van der Waals surface area contributed by atoms with Crippen LogP contribution in [0.3, 0.4) is 0 Å². The number of hydrogen-bond acceptors (Lipinski definition) is 2. The summed E-state index contributed by atoms with van der Waals surface area (Å²) in [4.78, 5) is 0. The van der Waals surface area contributed by atoms with Crippen LogP contribution in [-0.4, -0.2) is 26.3 Å². The molecule has 100 valence electrons. The Morgan fingerprint density at radius 3 is 2.83 bits per heavy atom. The smallest absolute Gasteiger partial charge is 0.0506 e. The minimum atomic E-state index is 0.743. The monoisotopic (exact) mass is 247 g/mol. The van der Waals surface area contributed by atoms with E-state index in [0.29, 0.717) is 0 Å². The van der Waals surface area contributed by atoms with Crippen molar-refractivity contribution in [1.29, 1.82) is 0 Å². The normalized spacial score (nSPS) is 19.9. The topological polar surface area (TPSA) is 21.3 Å². The van der Waals surface area contributed by atoms with Crippen LogP contribution in [-0.2, 0) is 11.2 Å². The molecule has 0 aliphatic carbocycles. The fraction of sp³-hybridized carbons (Fsp3) is 0.625. The number of unbranched alkanes of at least 4 members (excludes halogenated alkanes) is 1. The predicted molar refractivity (Wildman–Crippen MR) is 75.8 cm³/mol. The summed E-state index contributed by atoms with van der Waals surface area (Å²) >= 11 is 0. The molecule has 0 amide bonds. The Hall–Kier alpha value is -0.860. The molecule has 1 heterocycles. The number of nitrogens with one attached hydrogen (secondary N) is 1. The Morgan fingerprint density at radius 2 is 2.06 bits per heavy atom. The van der Waals surface area contributed by atoms with Gasteiger partial charge in [0, 0.05) is 13.2 Å². The van der Waals surface area contributed by atoms with E-state index in [1.807, 2.05) is 0 Å². The fourth-order valence-electron chi connectivity index (χ4n) is 2.50. The van der Waals surface area contributed by atoms with Gasteiger partial charge in [0.1, 0.15) is 0 Å². The maximum atomic E-state index is 5.48. The maximum Gasteiger partial charge on any atom is 0.0506 e. The molecule has 0 bridgehead atoms. The van der Waals surface area contributed by atoms with Gasteiger partial charge >= 0.3 is 0 Å². The lowest BCUT2D eigenvalue weighted by Crippen LogP contribution is -2.29. The molecule has 1 N–H and O–H groups in total. The van der Waals surface area contributed by atoms with Crippen molar-refractivity contribution in [3.63, 3.8) is 0 Å². The van der Waals surface area contributed by atoms with Crippen molar-refractivity contribution in [2.45, 2.75) is 32.1 Å². The third-order valence-corrected chi connectivity index (χ3v) is 3.60. The van der Waals surface area contributed by atoms with Crippen LogP contribution in [0.2, 0.25) is 0 Å². The second kappa shape index (κ2) is 8.28. The van der Waals surface area contributed by atoms with Crippen molar-refractivity contribution < 1.29 is 4.74 Å². The van der Waals surface area contributed by atoms with Gasteiger partial charge in [0.15, 0.2) is 0 Å². The lowest BCUT2D eigenvalue weighted by molar-refractivity contribution is 0.0549. The molecule has 0 radical (unpaired) electrons. The van der Waals surface area contributed by atoms with E-state index in [9.17, 15) is 0 Å². The summed E-state index contributed by atoms with van der Waals surface area (Å²) in [7, 11) is 0. The van der Waals surface area contributed by atoms with Crippen LogP contribution in [0.4, 0.5) is 0 Å². The standard InChI is InChI=1S/C16H25NO/c1-2-7-15(8-3-1)9-4-5-11-17-13-16-10-6-12-18-14-16/h1-3,7-8,16-17H,4-6,9-14H2. The Morgan fingerprint density at radius 1 is 1.17 bits per heavy atom. The Kier molecular flexibility index (Phi) is 6.24. The molecular weight excluding hydrogens is 222 g/mol. The van der Waals surface area contributed by atoms with Crippen molar-refractivity contribution in [3.05, 3.63) is 35.9 Å². The lowest BCUT2D eigenvalue weighted by atomic mass is 10.0. The van der Waals surface area contributed by atoms with E-state index in [1.54, 1.807) is 0 Å². The molecule has 0 saturated carbocycles. The Bertz CT molecular complexity index is 306. The van der Waals surface area contributed by atoms with E-state index in [1.165, 1.54) is 37.7 Å². The minimum Gasteiger partial charge on any atom is -0.381 e. The van der Waals surface area contributed by atoms with E-state index in [0.717, 1.165) is 32.2 Å². The third-order valence-electron chi connectivity index (χ3n) is 3.60. The van der Waals surface area contributed by atoms with Crippen molar-refractivity contribution in [2.75, 3.05) is 26.3 Å². The van der Waals surface area contributed by atoms with Gasteiger partial charge in [-0.05, 0) is 50.1 Å². The molecule has 1 fully saturated rings. The van der Waals surface area contributed by atoms with Crippen molar-refractivity contribution in [1.82, 2.24) is 5.32 Å². The zero-order chi connectivity index (χ0) is 12.5. The first kappa shape index (κ1) is 13.6. The SMILES string of the molecule is c1ccc(CCCCNCC2CCCOC2)cc1. The van der Waals surface area contributed by atoms with Crippen LogP contribution in [0.25, 0.3) is 0 Å². The number of rotatable bonds is 7. The first-order chi connectivity index (χ1) is 8.95. The summed E-state index contributed by atoms with van der Waals surface area (Å²) in [6.45, 7) is 4.19. The number of ether oxygens (including phenoxy) is 1. The lowest BCUT2D eigenvalue weighted by Gasteiger charge is -2.22. The molecule has 2 rings (SSSR count). The zero-order valence-corrected chi connectivity index (χ0v) is 11.2. The van der Waals surface area contributed by atoms with Crippen molar-refractivity contribution in [2.24, 2.45) is 5.92 Å². The summed E-state index contributed by atoms with van der Waals surface area (Å²) in [5.41, 5.74) is 1.46. The van der Waals surface area contributed by atoms with Gasteiger partial charge in [-0.15, -0.1) is 0 Å². The van der Waals surface area contributed by atoms with Gasteiger partial charge in [-0.3, -0.25) is 0 Å². The summed E-state index contributed by atoms with van der Waals surface area (Å²) < 4.78 is 5.48. The average Bonchev–Trinajstić information content (AvgIpc) is 2.45. The molecule has 1 aliphatic heterocycles. The van der Waals surface area contributed by atoms with Gasteiger partial charge in [0.2, 0.25) is 0 Å². The van der Waals surface area contributed by atoms with E-state index in [2.05, 4.69) is 35.6 Å². The maximum absolute atomic E-state index is 5.48. The van der Waals surface area contributed by atoms with Crippen molar-refractivity contribution >= 4 is 0 Å². The van der Waals surface area contributed by atoms with E-state index < -0.39 is 0 Å². The average molecular weight is 247 g/mol. The van der Waals surface area contributed by atoms with Crippen LogP contribution in [0, 0.1) is 5.92 Å². The largest absolute Gasteiger partial charge is 0.381 e. The van der Waals surface area contributed by atoms with Gasteiger partial charge in [-0.2, -0.15) is 0 Å². The Balaban J connectivity index is 1.46. The predicted octanol–water partition coefficient (Wildman–Crippen LogP) is 3.03. The summed E-state index contributed by atoms with van der Waals surface area (Å²) in [5, 5.41) is 3.56. The van der Waals surface area contributed by atoms with Gasteiger partial charge in [-0.1, -0.05) is 30.3 Å². The van der Waals surface area contributed by atoms with Crippen LogP contribution < -0.4 is 5.32 Å². The third kappa shape index (κ3) is 5.19. The molecular formula is C16H25NO. The first-order valence-electron chi connectivity index (χ1n) is 7.27. The minimum absolute atomic E-state index is 0.743. The summed E-state index contributed by atoms with van der Waals surface area (Å²) in [6, 6.07) is 10.8. The Labute approximate surface area is 111 Å². The second-order valence-corrected chi connectivity index (χ2v) is 5.23. The van der Waals surface area contributed by atoms with Crippen LogP contribution in [0.1, 0.15) is 31.2 Å². The van der Waals surface area contributed by atoms with E-state index in [4.69, 9.17) is 4.74 Å². The highest BCUT2D eigenvalue weighted by atomic mass is 16.5. The number of aryl methyl sites for hydroxylation is 1. The molecule has 1 aromatic rings. The van der Waals surface area contributed by atoms with Crippen molar-refractivity contribution in [3.8, 4) is 0 Å². The zero-order valence-electron chi connectivity index (χ0n) is 11.2. The van der Waals surface area contributed by atoms with Gasteiger partial charge in [0.05, 0.1) is 6.61 Å². The highest BCUT2D eigenvalue weighted by Crippen LogP contribution is 2.12. The molecule has 2 heteroatoms. The van der Waals surface area contributed by atoms with Gasteiger partial charge in [0.25, 0.3) is 0 Å². The molecule has 1 unspecified atom stereocenters. The van der Waals surface area contributed by atoms with Crippen LogP contribution >= 0.6 is 0 Å². The van der Waals surface area contributed by atoms with E-state index in [-0.39, 0.29) is 0 Å². The summed E-state index contributed by atoms with van der Waals surface area (Å²) in [5.74, 6) is 0.743. The molecule has 1 aromatic carbocycles. The quantitative estimate of drug-likeness (QED) is 0.748.